The minimum atomic E-state index is -0.0682. The summed E-state index contributed by atoms with van der Waals surface area (Å²) in [5, 5.41) is 0. The fourth-order valence-corrected chi connectivity index (χ4v) is 4.68. The molecule has 0 radical (unpaired) electrons. The van der Waals surface area contributed by atoms with Gasteiger partial charge in [0.2, 0.25) is 0 Å². The third-order valence-electron chi connectivity index (χ3n) is 5.95. The summed E-state index contributed by atoms with van der Waals surface area (Å²) in [5.74, 6) is 1.79. The molecular weight excluding hydrogens is 304 g/mol. The van der Waals surface area contributed by atoms with Crippen molar-refractivity contribution in [1.82, 2.24) is 9.55 Å². The zero-order chi connectivity index (χ0) is 17.0. The quantitative estimate of drug-likeness (QED) is 0.554. The van der Waals surface area contributed by atoms with Crippen molar-refractivity contribution in [2.24, 2.45) is 0 Å². The van der Waals surface area contributed by atoms with Gasteiger partial charge in [-0.25, -0.2) is 4.98 Å². The molecule has 5 rings (SSSR count). The zero-order valence-corrected chi connectivity index (χ0v) is 15.0. The first-order valence-electron chi connectivity index (χ1n) is 9.46. The molecule has 0 spiro atoms. The molecule has 126 valence electrons. The van der Waals surface area contributed by atoms with Crippen LogP contribution in [0.25, 0.3) is 28.5 Å². The first-order valence-corrected chi connectivity index (χ1v) is 9.46. The van der Waals surface area contributed by atoms with Gasteiger partial charge in [0.1, 0.15) is 5.82 Å². The Balaban J connectivity index is 1.82. The summed E-state index contributed by atoms with van der Waals surface area (Å²) >= 11 is 0. The normalized spacial score (nSPS) is 19.0. The highest BCUT2D eigenvalue weighted by Crippen LogP contribution is 2.43. The van der Waals surface area contributed by atoms with Gasteiger partial charge in [-0.15, -0.1) is 0 Å². The Morgan fingerprint density at radius 3 is 2.52 bits per heavy atom. The van der Waals surface area contributed by atoms with E-state index in [1.54, 1.807) is 0 Å². The highest BCUT2D eigenvalue weighted by molar-refractivity contribution is 5.92. The lowest BCUT2D eigenvalue weighted by molar-refractivity contribution is 0.471. The molecule has 0 amide bonds. The maximum atomic E-state index is 5.04. The Hall–Kier alpha value is -2.35. The smallest absolute Gasteiger partial charge is 0.141 e. The molecule has 2 aromatic carbocycles. The molecule has 1 saturated carbocycles. The van der Waals surface area contributed by atoms with Crippen LogP contribution in [0.4, 0.5) is 0 Å². The highest BCUT2D eigenvalue weighted by Gasteiger charge is 2.31. The predicted octanol–water partition coefficient (Wildman–Crippen LogP) is 6.12. The third-order valence-corrected chi connectivity index (χ3v) is 5.95. The minimum absolute atomic E-state index is 0.0682. The monoisotopic (exact) mass is 328 g/mol. The molecule has 2 aliphatic rings. The minimum Gasteiger partial charge on any atom is -0.314 e. The molecule has 0 atom stereocenters. The van der Waals surface area contributed by atoms with Crippen molar-refractivity contribution in [2.75, 3.05) is 0 Å². The molecular formula is C23H24N2. The van der Waals surface area contributed by atoms with E-state index in [-0.39, 0.29) is 5.54 Å². The largest absolute Gasteiger partial charge is 0.314 e. The van der Waals surface area contributed by atoms with E-state index in [1.807, 2.05) is 0 Å². The van der Waals surface area contributed by atoms with Crippen LogP contribution in [0, 0.1) is 0 Å². The number of imidazole rings is 1. The van der Waals surface area contributed by atoms with Crippen LogP contribution in [0.3, 0.4) is 0 Å². The van der Waals surface area contributed by atoms with Crippen LogP contribution in [0.2, 0.25) is 0 Å². The summed E-state index contributed by atoms with van der Waals surface area (Å²) in [6.45, 7) is 4.56. The maximum absolute atomic E-state index is 5.04. The maximum Gasteiger partial charge on any atom is 0.141 e. The number of hydrogen-bond acceptors (Lipinski definition) is 1. The number of nitrogens with zero attached hydrogens (tertiary/aromatic N) is 2. The third kappa shape index (κ3) is 2.20. The summed E-state index contributed by atoms with van der Waals surface area (Å²) in [6, 6.07) is 15.2. The van der Waals surface area contributed by atoms with Crippen LogP contribution in [-0.2, 0) is 5.54 Å². The van der Waals surface area contributed by atoms with Crippen molar-refractivity contribution in [1.29, 1.82) is 0 Å². The van der Waals surface area contributed by atoms with Crippen molar-refractivity contribution >= 4 is 17.1 Å². The van der Waals surface area contributed by atoms with E-state index in [0.717, 1.165) is 11.3 Å². The average molecular weight is 328 g/mol. The van der Waals surface area contributed by atoms with Crippen LogP contribution in [0.15, 0.2) is 48.5 Å². The van der Waals surface area contributed by atoms with Gasteiger partial charge >= 0.3 is 0 Å². The molecule has 0 N–H and O–H groups in total. The van der Waals surface area contributed by atoms with Crippen molar-refractivity contribution in [3.63, 3.8) is 0 Å². The van der Waals surface area contributed by atoms with Crippen LogP contribution in [-0.4, -0.2) is 9.55 Å². The van der Waals surface area contributed by atoms with Gasteiger partial charge in [-0.05, 0) is 44.2 Å². The fraction of sp³-hybridized carbons (Fsp3) is 0.348. The van der Waals surface area contributed by atoms with Crippen molar-refractivity contribution in [2.45, 2.75) is 51.0 Å². The molecule has 1 aliphatic carbocycles. The first-order chi connectivity index (χ1) is 12.1. The second kappa shape index (κ2) is 5.32. The van der Waals surface area contributed by atoms with Crippen molar-refractivity contribution in [3.05, 3.63) is 59.7 Å². The van der Waals surface area contributed by atoms with E-state index >= 15 is 0 Å². The SMILES string of the molecule is CC1(C)C=Cc2c(C3CCCC3)ccc3nc(-c4ccccc4)n1c23. The van der Waals surface area contributed by atoms with Crippen molar-refractivity contribution < 1.29 is 0 Å². The van der Waals surface area contributed by atoms with Gasteiger partial charge < -0.3 is 4.57 Å². The van der Waals surface area contributed by atoms with E-state index in [0.29, 0.717) is 5.92 Å². The highest BCUT2D eigenvalue weighted by atomic mass is 15.1. The standard InChI is InChI=1S/C23H24N2/c1-23(2)15-14-19-18(16-8-6-7-9-16)12-13-20-21(19)25(23)22(24-20)17-10-4-3-5-11-17/h3-5,10-16H,6-9H2,1-2H3. The number of rotatable bonds is 2. The number of benzene rings is 2. The average Bonchev–Trinajstić information content (AvgIpc) is 3.28. The number of hydrogen-bond donors (Lipinski definition) is 0. The molecule has 25 heavy (non-hydrogen) atoms. The van der Waals surface area contributed by atoms with Crippen LogP contribution in [0.5, 0.6) is 0 Å². The molecule has 2 heterocycles. The Bertz CT molecular complexity index is 970. The van der Waals surface area contributed by atoms with Gasteiger partial charge in [-0.2, -0.15) is 0 Å². The lowest BCUT2D eigenvalue weighted by Gasteiger charge is -2.31. The zero-order valence-electron chi connectivity index (χ0n) is 15.0. The Kier molecular flexibility index (Phi) is 3.18. The summed E-state index contributed by atoms with van der Waals surface area (Å²) < 4.78 is 2.45. The van der Waals surface area contributed by atoms with E-state index in [1.165, 1.54) is 47.9 Å². The second-order valence-corrected chi connectivity index (χ2v) is 8.04. The van der Waals surface area contributed by atoms with Crippen LogP contribution in [0.1, 0.15) is 56.6 Å². The molecule has 1 aromatic heterocycles. The first kappa shape index (κ1) is 14.9. The van der Waals surface area contributed by atoms with Crippen LogP contribution < -0.4 is 0 Å². The molecule has 0 unspecified atom stereocenters. The summed E-state index contributed by atoms with van der Waals surface area (Å²) in [7, 11) is 0. The summed E-state index contributed by atoms with van der Waals surface area (Å²) in [4.78, 5) is 5.04. The van der Waals surface area contributed by atoms with Crippen LogP contribution >= 0.6 is 0 Å². The van der Waals surface area contributed by atoms with Gasteiger partial charge in [-0.1, -0.05) is 61.4 Å². The Morgan fingerprint density at radius 2 is 1.76 bits per heavy atom. The van der Waals surface area contributed by atoms with Gasteiger partial charge in [0.05, 0.1) is 16.6 Å². The molecule has 3 aromatic rings. The van der Waals surface area contributed by atoms with Gasteiger partial charge in [0.25, 0.3) is 0 Å². The van der Waals surface area contributed by atoms with Crippen molar-refractivity contribution in [3.8, 4) is 11.4 Å². The van der Waals surface area contributed by atoms with Gasteiger partial charge in [-0.3, -0.25) is 0 Å². The van der Waals surface area contributed by atoms with E-state index < -0.39 is 0 Å². The van der Waals surface area contributed by atoms with Gasteiger partial charge in [0.15, 0.2) is 0 Å². The van der Waals surface area contributed by atoms with Gasteiger partial charge in [0, 0.05) is 11.1 Å². The number of aromatic nitrogens is 2. The lowest BCUT2D eigenvalue weighted by Crippen LogP contribution is -2.26. The Labute approximate surface area is 149 Å². The molecule has 2 nitrogen and oxygen atoms in total. The fourth-order valence-electron chi connectivity index (χ4n) is 4.68. The molecule has 1 aliphatic heterocycles. The van der Waals surface area contributed by atoms with E-state index in [4.69, 9.17) is 4.98 Å². The lowest BCUT2D eigenvalue weighted by atomic mass is 9.88. The van der Waals surface area contributed by atoms with E-state index in [9.17, 15) is 0 Å². The summed E-state index contributed by atoms with van der Waals surface area (Å²) in [5.41, 5.74) is 6.48. The predicted molar refractivity (Wildman–Crippen MR) is 105 cm³/mol. The Morgan fingerprint density at radius 1 is 1.00 bits per heavy atom. The molecule has 0 bridgehead atoms. The van der Waals surface area contributed by atoms with E-state index in [2.05, 4.69) is 73.0 Å². The summed E-state index contributed by atoms with van der Waals surface area (Å²) in [6.07, 6.45) is 10.1. The topological polar surface area (TPSA) is 17.8 Å². The molecule has 0 saturated heterocycles. The second-order valence-electron chi connectivity index (χ2n) is 8.04. The molecule has 1 fully saturated rings. The molecule has 2 heteroatoms. The number of allylic oxidation sites excluding steroid dienone is 1.